The Kier molecular flexibility index (Phi) is 3.74. The smallest absolute Gasteiger partial charge is 0.313 e. The third-order valence-electron chi connectivity index (χ3n) is 2.88. The van der Waals surface area contributed by atoms with E-state index in [4.69, 9.17) is 9.84 Å². The Morgan fingerprint density at radius 1 is 1.53 bits per heavy atom. The Morgan fingerprint density at radius 2 is 2.29 bits per heavy atom. The minimum atomic E-state index is -0.980. The van der Waals surface area contributed by atoms with Crippen molar-refractivity contribution in [2.75, 3.05) is 13.2 Å². The topological polar surface area (TPSA) is 46.5 Å². The van der Waals surface area contributed by atoms with Crippen LogP contribution in [0, 0.1) is 11.7 Å². The van der Waals surface area contributed by atoms with Gasteiger partial charge in [-0.15, -0.1) is 0 Å². The molecule has 1 atom stereocenters. The van der Waals surface area contributed by atoms with Crippen molar-refractivity contribution >= 4 is 5.97 Å². The molecular weight excluding hydrogens is 223 g/mol. The second kappa shape index (κ2) is 5.27. The van der Waals surface area contributed by atoms with Gasteiger partial charge in [-0.2, -0.15) is 0 Å². The standard InChI is InChI=1S/C13H15FO3/c14-11-3-1-2-10(6-11)12(13(15)16)8-17-7-9-4-5-9/h1-3,6,9,12H,4-5,7-8H2,(H,15,16). The summed E-state index contributed by atoms with van der Waals surface area (Å²) in [6.45, 7) is 0.717. The fourth-order valence-electron chi connectivity index (χ4n) is 1.67. The van der Waals surface area contributed by atoms with Gasteiger partial charge in [-0.25, -0.2) is 4.39 Å². The highest BCUT2D eigenvalue weighted by Gasteiger charge is 2.24. The van der Waals surface area contributed by atoms with Crippen molar-refractivity contribution in [3.05, 3.63) is 35.6 Å². The number of rotatable bonds is 6. The predicted octanol–water partition coefficient (Wildman–Crippen LogP) is 2.42. The first-order valence-electron chi connectivity index (χ1n) is 5.73. The number of benzene rings is 1. The normalized spacial score (nSPS) is 16.8. The summed E-state index contributed by atoms with van der Waals surface area (Å²) in [6.07, 6.45) is 2.33. The van der Waals surface area contributed by atoms with Crippen molar-refractivity contribution in [1.82, 2.24) is 0 Å². The highest BCUT2D eigenvalue weighted by atomic mass is 19.1. The summed E-state index contributed by atoms with van der Waals surface area (Å²) >= 11 is 0. The lowest BCUT2D eigenvalue weighted by atomic mass is 10.0. The summed E-state index contributed by atoms with van der Waals surface area (Å²) in [5.74, 6) is -1.59. The highest BCUT2D eigenvalue weighted by Crippen LogP contribution is 2.29. The van der Waals surface area contributed by atoms with E-state index < -0.39 is 17.7 Å². The van der Waals surface area contributed by atoms with Gasteiger partial charge in [0, 0.05) is 6.61 Å². The molecule has 1 aliphatic carbocycles. The molecule has 17 heavy (non-hydrogen) atoms. The van der Waals surface area contributed by atoms with Crippen molar-refractivity contribution in [1.29, 1.82) is 0 Å². The van der Waals surface area contributed by atoms with Gasteiger partial charge in [-0.3, -0.25) is 4.79 Å². The zero-order chi connectivity index (χ0) is 12.3. The van der Waals surface area contributed by atoms with E-state index in [9.17, 15) is 9.18 Å². The molecule has 1 fully saturated rings. The maximum absolute atomic E-state index is 13.0. The molecule has 1 saturated carbocycles. The van der Waals surface area contributed by atoms with Gasteiger partial charge in [0.1, 0.15) is 11.7 Å². The fourth-order valence-corrected chi connectivity index (χ4v) is 1.67. The zero-order valence-electron chi connectivity index (χ0n) is 9.43. The Morgan fingerprint density at radius 3 is 2.88 bits per heavy atom. The number of carboxylic acid groups (broad SMARTS) is 1. The van der Waals surface area contributed by atoms with E-state index in [2.05, 4.69) is 0 Å². The SMILES string of the molecule is O=C(O)C(COCC1CC1)c1cccc(F)c1. The number of aliphatic carboxylic acids is 1. The largest absolute Gasteiger partial charge is 0.481 e. The molecule has 1 aromatic carbocycles. The van der Waals surface area contributed by atoms with Crippen LogP contribution in [0.25, 0.3) is 0 Å². The maximum Gasteiger partial charge on any atom is 0.313 e. The van der Waals surface area contributed by atoms with Gasteiger partial charge in [0.2, 0.25) is 0 Å². The van der Waals surface area contributed by atoms with E-state index in [1.807, 2.05) is 0 Å². The first-order valence-corrected chi connectivity index (χ1v) is 5.73. The van der Waals surface area contributed by atoms with Gasteiger partial charge >= 0.3 is 5.97 Å². The van der Waals surface area contributed by atoms with E-state index in [1.165, 1.54) is 18.2 Å². The van der Waals surface area contributed by atoms with Crippen molar-refractivity contribution in [3.63, 3.8) is 0 Å². The molecule has 1 unspecified atom stereocenters. The molecule has 0 saturated heterocycles. The summed E-state index contributed by atoms with van der Waals surface area (Å²) in [6, 6.07) is 5.68. The highest BCUT2D eigenvalue weighted by molar-refractivity contribution is 5.76. The quantitative estimate of drug-likeness (QED) is 0.827. The molecule has 0 radical (unpaired) electrons. The van der Waals surface area contributed by atoms with E-state index >= 15 is 0 Å². The summed E-state index contributed by atoms with van der Waals surface area (Å²) in [7, 11) is 0. The van der Waals surface area contributed by atoms with Crippen LogP contribution in [0.15, 0.2) is 24.3 Å². The third-order valence-corrected chi connectivity index (χ3v) is 2.88. The van der Waals surface area contributed by atoms with Gasteiger partial charge in [-0.05, 0) is 36.5 Å². The average molecular weight is 238 g/mol. The number of ether oxygens (including phenoxy) is 1. The van der Waals surface area contributed by atoms with Gasteiger partial charge in [0.15, 0.2) is 0 Å². The molecule has 2 rings (SSSR count). The van der Waals surface area contributed by atoms with Crippen LogP contribution in [0.5, 0.6) is 0 Å². The molecule has 0 aliphatic heterocycles. The lowest BCUT2D eigenvalue weighted by molar-refractivity contribution is -0.140. The van der Waals surface area contributed by atoms with Crippen LogP contribution < -0.4 is 0 Å². The monoisotopic (exact) mass is 238 g/mol. The second-order valence-corrected chi connectivity index (χ2v) is 4.43. The predicted molar refractivity (Wildman–Crippen MR) is 60.3 cm³/mol. The van der Waals surface area contributed by atoms with E-state index in [-0.39, 0.29) is 6.61 Å². The average Bonchev–Trinajstić information content (AvgIpc) is 3.07. The zero-order valence-corrected chi connectivity index (χ0v) is 9.43. The first kappa shape index (κ1) is 12.0. The number of halogens is 1. The molecule has 4 heteroatoms. The maximum atomic E-state index is 13.0. The van der Waals surface area contributed by atoms with Crippen LogP contribution in [0.2, 0.25) is 0 Å². The Bertz CT molecular complexity index is 401. The van der Waals surface area contributed by atoms with Crippen LogP contribution in [-0.4, -0.2) is 24.3 Å². The van der Waals surface area contributed by atoms with Gasteiger partial charge < -0.3 is 9.84 Å². The van der Waals surface area contributed by atoms with Crippen LogP contribution in [0.3, 0.4) is 0 Å². The van der Waals surface area contributed by atoms with Gasteiger partial charge in [0.25, 0.3) is 0 Å². The number of hydrogen-bond donors (Lipinski definition) is 1. The van der Waals surface area contributed by atoms with E-state index in [1.54, 1.807) is 6.07 Å². The Hall–Kier alpha value is -1.42. The molecule has 0 amide bonds. The first-order chi connectivity index (χ1) is 8.16. The van der Waals surface area contributed by atoms with Gasteiger partial charge in [-0.1, -0.05) is 12.1 Å². The van der Waals surface area contributed by atoms with Crippen LogP contribution in [-0.2, 0) is 9.53 Å². The molecule has 0 heterocycles. The minimum Gasteiger partial charge on any atom is -0.481 e. The van der Waals surface area contributed by atoms with Crippen molar-refractivity contribution < 1.29 is 19.0 Å². The molecule has 3 nitrogen and oxygen atoms in total. The molecule has 0 aromatic heterocycles. The lowest BCUT2D eigenvalue weighted by Crippen LogP contribution is -2.18. The van der Waals surface area contributed by atoms with E-state index in [0.717, 1.165) is 12.8 Å². The number of carboxylic acids is 1. The van der Waals surface area contributed by atoms with Crippen molar-refractivity contribution in [2.45, 2.75) is 18.8 Å². The molecule has 0 spiro atoms. The fraction of sp³-hybridized carbons (Fsp3) is 0.462. The molecule has 1 aliphatic rings. The summed E-state index contributed by atoms with van der Waals surface area (Å²) < 4.78 is 18.4. The summed E-state index contributed by atoms with van der Waals surface area (Å²) in [5.41, 5.74) is 0.452. The van der Waals surface area contributed by atoms with Crippen LogP contribution in [0.4, 0.5) is 4.39 Å². The molecule has 1 aromatic rings. The Balaban J connectivity index is 1.97. The lowest BCUT2D eigenvalue weighted by Gasteiger charge is -2.13. The minimum absolute atomic E-state index is 0.106. The van der Waals surface area contributed by atoms with Gasteiger partial charge in [0.05, 0.1) is 6.61 Å². The summed E-state index contributed by atoms with van der Waals surface area (Å²) in [4.78, 5) is 11.1. The molecular formula is C13H15FO3. The van der Waals surface area contributed by atoms with Crippen molar-refractivity contribution in [3.8, 4) is 0 Å². The molecule has 1 N–H and O–H groups in total. The molecule has 0 bridgehead atoms. The second-order valence-electron chi connectivity index (χ2n) is 4.43. The van der Waals surface area contributed by atoms with Crippen LogP contribution >= 0.6 is 0 Å². The summed E-state index contributed by atoms with van der Waals surface area (Å²) in [5, 5.41) is 9.10. The van der Waals surface area contributed by atoms with Crippen LogP contribution in [0.1, 0.15) is 24.3 Å². The van der Waals surface area contributed by atoms with E-state index in [0.29, 0.717) is 18.1 Å². The Labute approximate surface area is 99.2 Å². The number of hydrogen-bond acceptors (Lipinski definition) is 2. The number of carbonyl (C=O) groups is 1. The third kappa shape index (κ3) is 3.53. The molecule has 92 valence electrons. The van der Waals surface area contributed by atoms with Crippen molar-refractivity contribution in [2.24, 2.45) is 5.92 Å².